The molecule has 34 heavy (non-hydrogen) atoms. The molecule has 0 spiro atoms. The highest BCUT2D eigenvalue weighted by molar-refractivity contribution is 7.09. The molecule has 0 fully saturated rings. The zero-order valence-electron chi connectivity index (χ0n) is 18.2. The van der Waals surface area contributed by atoms with Crippen molar-refractivity contribution in [1.82, 2.24) is 19.4 Å². The molecule has 1 aliphatic rings. The summed E-state index contributed by atoms with van der Waals surface area (Å²) in [4.78, 5) is 28.6. The van der Waals surface area contributed by atoms with Gasteiger partial charge in [-0.25, -0.2) is 14.6 Å². The van der Waals surface area contributed by atoms with Gasteiger partial charge in [0.1, 0.15) is 5.82 Å². The number of thiophene rings is 1. The van der Waals surface area contributed by atoms with E-state index in [9.17, 15) is 26.3 Å². The number of nitrogens with zero attached hydrogens (tertiary/aromatic N) is 4. The Balaban J connectivity index is 0.000000343. The second-order valence-corrected chi connectivity index (χ2v) is 8.51. The maximum Gasteiger partial charge on any atom is 0.490 e. The predicted octanol–water partition coefficient (Wildman–Crippen LogP) is 3.40. The summed E-state index contributed by atoms with van der Waals surface area (Å²) in [5.41, 5.74) is 0. The number of hydrogen-bond acceptors (Lipinski definition) is 6. The Morgan fingerprint density at radius 1 is 1.12 bits per heavy atom. The molecule has 8 nitrogen and oxygen atoms in total. The molecule has 15 heteroatoms. The van der Waals surface area contributed by atoms with E-state index in [0.29, 0.717) is 5.92 Å². The molecule has 3 heterocycles. The number of halogens is 6. The Morgan fingerprint density at radius 2 is 1.68 bits per heavy atom. The van der Waals surface area contributed by atoms with Crippen LogP contribution in [0.25, 0.3) is 0 Å². The number of aliphatic carboxylic acids is 2. The first-order chi connectivity index (χ1) is 15.6. The van der Waals surface area contributed by atoms with Gasteiger partial charge in [0.15, 0.2) is 0 Å². The van der Waals surface area contributed by atoms with E-state index in [1.165, 1.54) is 10.7 Å². The Hall–Kier alpha value is -2.65. The number of imidazole rings is 1. The van der Waals surface area contributed by atoms with Crippen LogP contribution in [0.3, 0.4) is 0 Å². The standard InChI is InChI=1S/C15H22N4S.2C2HF3O2/c1-17(2)8-13-9-18(11-14-4-3-7-20-14)12-15-16-5-6-19(15)10-13;2*3-2(4,5)1(6)7/h3-7,13H,8-12H2,1-2H3;2*(H,6,7). The normalized spacial score (nSPS) is 16.4. The Morgan fingerprint density at radius 3 is 2.12 bits per heavy atom. The van der Waals surface area contributed by atoms with Gasteiger partial charge in [-0.05, 0) is 25.5 Å². The van der Waals surface area contributed by atoms with E-state index < -0.39 is 24.3 Å². The molecule has 2 aromatic rings. The lowest BCUT2D eigenvalue weighted by Crippen LogP contribution is -2.33. The van der Waals surface area contributed by atoms with Crippen LogP contribution in [0.15, 0.2) is 29.9 Å². The molecule has 2 aromatic heterocycles. The Kier molecular flexibility index (Phi) is 11.0. The summed E-state index contributed by atoms with van der Waals surface area (Å²) in [6.45, 7) is 5.33. The molecule has 1 atom stereocenters. The van der Waals surface area contributed by atoms with Gasteiger partial charge in [0.2, 0.25) is 0 Å². The van der Waals surface area contributed by atoms with E-state index >= 15 is 0 Å². The van der Waals surface area contributed by atoms with Gasteiger partial charge in [0.05, 0.1) is 6.54 Å². The van der Waals surface area contributed by atoms with Crippen molar-refractivity contribution in [3.05, 3.63) is 40.6 Å². The molecule has 0 aromatic carbocycles. The molecular formula is C19H24F6N4O4S. The van der Waals surface area contributed by atoms with Crippen LogP contribution >= 0.6 is 11.3 Å². The van der Waals surface area contributed by atoms with Crippen LogP contribution in [-0.4, -0.2) is 81.0 Å². The summed E-state index contributed by atoms with van der Waals surface area (Å²) < 4.78 is 65.8. The van der Waals surface area contributed by atoms with Crippen molar-refractivity contribution >= 4 is 23.3 Å². The van der Waals surface area contributed by atoms with Gasteiger partial charge in [-0.1, -0.05) is 6.07 Å². The first kappa shape index (κ1) is 29.4. The van der Waals surface area contributed by atoms with Crippen molar-refractivity contribution in [2.75, 3.05) is 27.2 Å². The van der Waals surface area contributed by atoms with E-state index in [-0.39, 0.29) is 0 Å². The first-order valence-electron chi connectivity index (χ1n) is 9.59. The largest absolute Gasteiger partial charge is 0.490 e. The van der Waals surface area contributed by atoms with Gasteiger partial charge in [-0.3, -0.25) is 4.90 Å². The average Bonchev–Trinajstić information content (AvgIpc) is 3.30. The molecule has 0 radical (unpaired) electrons. The molecule has 0 saturated heterocycles. The lowest BCUT2D eigenvalue weighted by atomic mass is 10.1. The lowest BCUT2D eigenvalue weighted by molar-refractivity contribution is -0.193. The predicted molar refractivity (Wildman–Crippen MR) is 110 cm³/mol. The second-order valence-electron chi connectivity index (χ2n) is 7.48. The number of fused-ring (bicyclic) bond motifs is 1. The highest BCUT2D eigenvalue weighted by atomic mass is 32.1. The highest BCUT2D eigenvalue weighted by Crippen LogP contribution is 2.20. The second kappa shape index (κ2) is 12.7. The van der Waals surface area contributed by atoms with Crippen LogP contribution in [0.2, 0.25) is 0 Å². The Labute approximate surface area is 195 Å². The summed E-state index contributed by atoms with van der Waals surface area (Å²) in [6.07, 6.45) is -6.12. The smallest absolute Gasteiger partial charge is 0.475 e. The third kappa shape index (κ3) is 11.0. The van der Waals surface area contributed by atoms with Gasteiger partial charge in [-0.15, -0.1) is 11.3 Å². The van der Waals surface area contributed by atoms with E-state index in [4.69, 9.17) is 19.8 Å². The topological polar surface area (TPSA) is 98.9 Å². The SMILES string of the molecule is CN(C)CC1CN(Cc2cccs2)Cc2nccn2C1.O=C(O)C(F)(F)F.O=C(O)C(F)(F)F. The first-order valence-corrected chi connectivity index (χ1v) is 10.5. The number of hydrogen-bond donors (Lipinski definition) is 2. The molecule has 1 aliphatic heterocycles. The summed E-state index contributed by atoms with van der Waals surface area (Å²) in [5, 5.41) is 16.4. The summed E-state index contributed by atoms with van der Waals surface area (Å²) in [5.74, 6) is -3.66. The van der Waals surface area contributed by atoms with E-state index in [1.54, 1.807) is 0 Å². The number of carboxylic acids is 2. The average molecular weight is 518 g/mol. The van der Waals surface area contributed by atoms with Crippen molar-refractivity contribution in [1.29, 1.82) is 0 Å². The van der Waals surface area contributed by atoms with Crippen molar-refractivity contribution in [2.24, 2.45) is 5.92 Å². The molecule has 3 rings (SSSR count). The number of carbonyl (C=O) groups is 2. The molecule has 0 bridgehead atoms. The molecule has 1 unspecified atom stereocenters. The van der Waals surface area contributed by atoms with Crippen molar-refractivity contribution < 1.29 is 46.1 Å². The summed E-state index contributed by atoms with van der Waals surface area (Å²) in [6, 6.07) is 4.36. The fourth-order valence-electron chi connectivity index (χ4n) is 3.00. The Bertz CT molecular complexity index is 875. The lowest BCUT2D eigenvalue weighted by Gasteiger charge is -2.25. The van der Waals surface area contributed by atoms with Crippen LogP contribution in [0.5, 0.6) is 0 Å². The van der Waals surface area contributed by atoms with Crippen molar-refractivity contribution in [2.45, 2.75) is 32.0 Å². The molecule has 0 aliphatic carbocycles. The van der Waals surface area contributed by atoms with Crippen LogP contribution in [0, 0.1) is 5.92 Å². The fraction of sp³-hybridized carbons (Fsp3) is 0.526. The molecule has 2 N–H and O–H groups in total. The van der Waals surface area contributed by atoms with Gasteiger partial charge < -0.3 is 19.7 Å². The monoisotopic (exact) mass is 518 g/mol. The van der Waals surface area contributed by atoms with E-state index in [2.05, 4.69) is 57.2 Å². The molecule has 0 saturated carbocycles. The third-order valence-electron chi connectivity index (χ3n) is 4.21. The maximum atomic E-state index is 10.6. The van der Waals surface area contributed by atoms with E-state index in [1.807, 2.05) is 17.5 Å². The number of alkyl halides is 6. The quantitative estimate of drug-likeness (QED) is 0.599. The van der Waals surface area contributed by atoms with Gasteiger partial charge in [0.25, 0.3) is 0 Å². The third-order valence-corrected chi connectivity index (χ3v) is 5.07. The molecule has 192 valence electrons. The number of carboxylic acid groups (broad SMARTS) is 2. The molecule has 0 amide bonds. The zero-order valence-corrected chi connectivity index (χ0v) is 19.0. The van der Waals surface area contributed by atoms with E-state index in [0.717, 1.165) is 32.7 Å². The van der Waals surface area contributed by atoms with Crippen molar-refractivity contribution in [3.63, 3.8) is 0 Å². The maximum absolute atomic E-state index is 10.6. The van der Waals surface area contributed by atoms with Gasteiger partial charge in [0, 0.05) is 49.4 Å². The highest BCUT2D eigenvalue weighted by Gasteiger charge is 2.38. The zero-order chi connectivity index (χ0) is 26.1. The number of aromatic nitrogens is 2. The van der Waals surface area contributed by atoms with Crippen LogP contribution in [0.1, 0.15) is 10.7 Å². The van der Waals surface area contributed by atoms with Crippen LogP contribution in [0.4, 0.5) is 26.3 Å². The van der Waals surface area contributed by atoms with Gasteiger partial charge >= 0.3 is 24.3 Å². The fourth-order valence-corrected chi connectivity index (χ4v) is 3.74. The van der Waals surface area contributed by atoms with Gasteiger partial charge in [-0.2, -0.15) is 26.3 Å². The van der Waals surface area contributed by atoms with Crippen molar-refractivity contribution in [3.8, 4) is 0 Å². The number of rotatable bonds is 4. The molecular weight excluding hydrogens is 494 g/mol. The summed E-state index contributed by atoms with van der Waals surface area (Å²) in [7, 11) is 4.31. The van der Waals surface area contributed by atoms with Crippen LogP contribution in [-0.2, 0) is 29.2 Å². The van der Waals surface area contributed by atoms with Crippen LogP contribution < -0.4 is 0 Å². The minimum atomic E-state index is -5.08. The minimum absolute atomic E-state index is 0.653. The minimum Gasteiger partial charge on any atom is -0.475 e. The summed E-state index contributed by atoms with van der Waals surface area (Å²) >= 11 is 1.84.